The van der Waals surface area contributed by atoms with Gasteiger partial charge in [-0.15, -0.1) is 9.98 Å². The SMILES string of the molecule is C1CCN(C2COC2)CC1.C=c1nc(-c2ccc(OC=O)c3c2OCCO3)c2c([nH+]1)N=c1cc(-c3c(C)noc3C)c(OC)cc1=2.CC.COc1cc2c(cc1-c1c(C)noc1C)[nH]c1nc(C)nc(-c3ccc(C(=O)N4CCN(C5COC5)CC4)c4c3OCCO4)c12.[3H][B]O. The summed E-state index contributed by atoms with van der Waals surface area (Å²) >= 11 is 0. The summed E-state index contributed by atoms with van der Waals surface area (Å²) in [6.07, 6.45) is 4.23. The number of nitrogens with one attached hydrogen (secondary N) is 2. The number of piperazine rings is 1. The Hall–Kier alpha value is -9.47. The number of aromatic nitrogens is 7. The third-order valence-electron chi connectivity index (χ3n) is 17.8. The first-order valence-corrected chi connectivity index (χ1v) is 32.0. The summed E-state index contributed by atoms with van der Waals surface area (Å²) in [5, 5.41) is 19.4. The number of ether oxygens (including phenoxy) is 9. The monoisotopic (exact) mass is 1300 g/mol. The fourth-order valence-electron chi connectivity index (χ4n) is 13.2. The number of H-pyrrole nitrogens is 2. The van der Waals surface area contributed by atoms with Gasteiger partial charge in [-0.05, 0) is 116 Å². The number of methoxy groups -OCH3 is 2. The largest absolute Gasteiger partial charge is 0.496 e. The van der Waals surface area contributed by atoms with Crippen molar-refractivity contribution in [3.05, 3.63) is 104 Å². The van der Waals surface area contributed by atoms with Crippen LogP contribution in [0.2, 0.25) is 0 Å². The lowest BCUT2D eigenvalue weighted by atomic mass is 9.98. The van der Waals surface area contributed by atoms with Gasteiger partial charge < -0.3 is 66.6 Å². The fourth-order valence-corrected chi connectivity index (χ4v) is 13.2. The average molecular weight is 1300 g/mol. The van der Waals surface area contributed by atoms with Gasteiger partial charge in [0.15, 0.2) is 28.7 Å². The number of nitrogens with zero attached hydrogens (tertiary/aromatic N) is 9. The second-order valence-electron chi connectivity index (χ2n) is 23.4. The summed E-state index contributed by atoms with van der Waals surface area (Å²) in [5.74, 6) is 5.92. The van der Waals surface area contributed by atoms with Crippen LogP contribution in [0.5, 0.6) is 40.2 Å². The molecule has 9 aromatic rings. The van der Waals surface area contributed by atoms with Crippen molar-refractivity contribution in [1.82, 2.24) is 44.9 Å². The molecule has 1 amide bonds. The molecule has 7 aliphatic heterocycles. The van der Waals surface area contributed by atoms with Gasteiger partial charge in [0.2, 0.25) is 5.75 Å². The topological polar surface area (TPSA) is 280 Å². The molecule has 0 saturated carbocycles. The van der Waals surface area contributed by atoms with Gasteiger partial charge in [0.05, 0.1) is 97.5 Å². The number of amides is 1. The van der Waals surface area contributed by atoms with Crippen LogP contribution >= 0.6 is 0 Å². The van der Waals surface area contributed by atoms with Gasteiger partial charge in [0, 0.05) is 60.3 Å². The Labute approximate surface area is 550 Å². The van der Waals surface area contributed by atoms with Crippen LogP contribution in [0.3, 0.4) is 0 Å². The number of fused-ring (bicyclic) bond motifs is 7. The van der Waals surface area contributed by atoms with Gasteiger partial charge in [-0.2, -0.15) is 0 Å². The van der Waals surface area contributed by atoms with Crippen LogP contribution in [-0.4, -0.2) is 190 Å². The Balaban J connectivity index is 0.000000153. The molecule has 16 rings (SSSR count). The number of rotatable bonds is 11. The van der Waals surface area contributed by atoms with Crippen LogP contribution in [0.1, 0.15) is 72.2 Å². The number of piperidine rings is 1. The van der Waals surface area contributed by atoms with Crippen LogP contribution in [0.25, 0.3) is 73.3 Å². The highest BCUT2D eigenvalue weighted by Gasteiger charge is 2.35. The summed E-state index contributed by atoms with van der Waals surface area (Å²) in [5.41, 5.74) is 10.2. The second kappa shape index (κ2) is 28.6. The van der Waals surface area contributed by atoms with Gasteiger partial charge in [-0.3, -0.25) is 19.4 Å². The maximum atomic E-state index is 13.8. The van der Waals surface area contributed by atoms with E-state index in [1.807, 2.05) is 89.8 Å². The summed E-state index contributed by atoms with van der Waals surface area (Å²) in [6, 6.07) is 16.3. The third-order valence-corrected chi connectivity index (χ3v) is 17.8. The van der Waals surface area contributed by atoms with Crippen LogP contribution in [-0.2, 0) is 14.3 Å². The smallest absolute Gasteiger partial charge is 0.298 e. The van der Waals surface area contributed by atoms with E-state index in [0.29, 0.717) is 143 Å². The average Bonchev–Trinajstić information content (AvgIpc) is 1.49. The molecule has 7 aliphatic rings. The Morgan fingerprint density at radius 2 is 1.26 bits per heavy atom. The Kier molecular flexibility index (Phi) is 19.4. The van der Waals surface area contributed by atoms with Crippen LogP contribution < -0.4 is 49.0 Å². The maximum Gasteiger partial charge on any atom is 0.298 e. The van der Waals surface area contributed by atoms with E-state index < -0.39 is 0 Å². The zero-order valence-corrected chi connectivity index (χ0v) is 54.9. The lowest BCUT2D eigenvalue weighted by Crippen LogP contribution is -2.57. The lowest BCUT2D eigenvalue weighted by molar-refractivity contribution is -0.385. The molecule has 0 unspecified atom stereocenters. The maximum absolute atomic E-state index is 13.8. The summed E-state index contributed by atoms with van der Waals surface area (Å²) in [7, 11) is 3.52. The van der Waals surface area contributed by atoms with E-state index in [-0.39, 0.29) is 19.7 Å². The number of aryl methyl sites for hydroxylation is 5. The normalized spacial score (nSPS) is 16.4. The lowest BCUT2D eigenvalue weighted by Gasteiger charge is -2.42. The highest BCUT2D eigenvalue weighted by molar-refractivity contribution is 6.14. The number of hydrogen-bond donors (Lipinski definition) is 2. The molecule has 95 heavy (non-hydrogen) atoms. The van der Waals surface area contributed by atoms with E-state index in [2.05, 4.69) is 36.7 Å². The number of carbonyl (C=O) groups excluding carboxylic acids is 2. The molecule has 0 spiro atoms. The van der Waals surface area contributed by atoms with Crippen molar-refractivity contribution in [3.8, 4) is 85.0 Å². The van der Waals surface area contributed by atoms with Crippen molar-refractivity contribution in [1.29, 1.82) is 1.34 Å². The predicted octanol–water partition coefficient (Wildman–Crippen LogP) is 7.10. The molecular formula is C69H78BN11O14+. The van der Waals surface area contributed by atoms with Gasteiger partial charge in [0.25, 0.3) is 31.7 Å². The molecule has 4 saturated heterocycles. The minimum absolute atomic E-state index is 0.0551. The van der Waals surface area contributed by atoms with E-state index in [9.17, 15) is 9.59 Å². The Morgan fingerprint density at radius 3 is 1.85 bits per heavy atom. The van der Waals surface area contributed by atoms with Crippen LogP contribution in [0.4, 0.5) is 5.82 Å². The first-order chi connectivity index (χ1) is 46.8. The molecule has 0 aliphatic carbocycles. The van der Waals surface area contributed by atoms with Crippen LogP contribution in [0.15, 0.2) is 62.6 Å². The third kappa shape index (κ3) is 12.6. The highest BCUT2D eigenvalue weighted by atomic mass is 16.6. The predicted molar refractivity (Wildman–Crippen MR) is 352 cm³/mol. The van der Waals surface area contributed by atoms with Gasteiger partial charge in [-0.1, -0.05) is 30.6 Å². The zero-order valence-electron chi connectivity index (χ0n) is 55.9. The van der Waals surface area contributed by atoms with E-state index in [1.54, 1.807) is 26.4 Å². The van der Waals surface area contributed by atoms with Crippen molar-refractivity contribution in [2.24, 2.45) is 4.99 Å². The summed E-state index contributed by atoms with van der Waals surface area (Å²) in [6.45, 7) is 28.3. The molecule has 4 fully saturated rings. The van der Waals surface area contributed by atoms with E-state index in [4.69, 9.17) is 78.0 Å². The minimum Gasteiger partial charge on any atom is -0.496 e. The van der Waals surface area contributed by atoms with Crippen molar-refractivity contribution < 1.29 is 71.3 Å². The quantitative estimate of drug-likeness (QED) is 0.0964. The number of likely N-dealkylation sites (tertiary alicyclic amines) is 1. The number of aromatic amines is 2. The van der Waals surface area contributed by atoms with Crippen molar-refractivity contribution in [2.75, 3.05) is 106 Å². The zero-order chi connectivity index (χ0) is 67.3. The molecule has 12 heterocycles. The van der Waals surface area contributed by atoms with E-state index in [1.165, 1.54) is 32.4 Å². The Bertz CT molecular complexity index is 4560. The van der Waals surface area contributed by atoms with Crippen molar-refractivity contribution >= 4 is 54.7 Å². The standard InChI is InChI=1S/C33H34N6O6.C26H20N4O6.C8H15NO.C2H6.BH2O/c1-17-27(18(2)45-37-17)24-13-25-23(14-26(24)41-4)28-29(34-19(3)35-32(28)36-25)21-5-6-22(31-30(21)43-11-12-44-31)33(40)39-9-7-38(8-10-39)20-15-42-16-20;1-12-21(13(2)36-30-12)17-9-18-16(10-20(17)32-4)22-23(27-14(3)28-26(22)29-18)15-5-6-19(35-11-31)25-24(15)33-7-8-34-25;1-2-4-9(5-3-1)8-6-10-7-8;2*1-2/h5-6,13-14,20H,7-12,15-16H2,1-4H3,(H,34,35,36);5-6,9-11H,3,7-8H2,1-2,4H3;8H,1-7H2;1-2H3;1-2H/p+1/i;;;;1T. The molecule has 0 bridgehead atoms. The first-order valence-electron chi connectivity index (χ1n) is 32.6. The number of benzene rings is 4. The Morgan fingerprint density at radius 1 is 0.695 bits per heavy atom. The molecule has 4 aromatic carbocycles. The minimum atomic E-state index is -0.0551. The van der Waals surface area contributed by atoms with Gasteiger partial charge in [-0.25, -0.2) is 15.0 Å². The van der Waals surface area contributed by atoms with E-state index >= 15 is 0 Å². The molecule has 3 N–H and O–H groups in total. The molecule has 25 nitrogen and oxygen atoms in total. The molecular weight excluding hydrogens is 1220 g/mol. The fraction of sp³-hybridized carbons (Fsp3) is 0.406. The summed E-state index contributed by atoms with van der Waals surface area (Å²) in [4.78, 5) is 57.6. The van der Waals surface area contributed by atoms with Crippen molar-refractivity contribution in [2.45, 2.75) is 79.8 Å². The van der Waals surface area contributed by atoms with Crippen LogP contribution in [0, 0.1) is 45.1 Å². The molecule has 5 aromatic heterocycles. The van der Waals surface area contributed by atoms with Gasteiger partial charge in [0.1, 0.15) is 71.5 Å². The number of hydrogen-bond acceptors (Lipinski definition) is 22. The van der Waals surface area contributed by atoms with Crippen molar-refractivity contribution in [3.63, 3.8) is 0 Å². The van der Waals surface area contributed by atoms with Gasteiger partial charge >= 0.3 is 0 Å². The van der Waals surface area contributed by atoms with E-state index in [0.717, 1.165) is 117 Å². The first kappa shape index (κ1) is 64.3. The molecule has 0 atom stereocenters. The summed E-state index contributed by atoms with van der Waals surface area (Å²) < 4.78 is 67.9. The molecule has 1 radical (unpaired) electrons. The number of carbonyl (C=O) groups is 2. The molecule has 26 heteroatoms. The second-order valence-corrected chi connectivity index (χ2v) is 23.4. The highest BCUT2D eigenvalue weighted by Crippen LogP contribution is 2.49. The molecule has 495 valence electrons.